The lowest BCUT2D eigenvalue weighted by atomic mass is 9.86. The quantitative estimate of drug-likeness (QED) is 0.892. The highest BCUT2D eigenvalue weighted by Crippen LogP contribution is 2.29. The number of aryl methyl sites for hydroxylation is 1. The van der Waals surface area contributed by atoms with Gasteiger partial charge in [0.15, 0.2) is 5.82 Å². The van der Waals surface area contributed by atoms with Crippen LogP contribution in [0.15, 0.2) is 6.20 Å². The van der Waals surface area contributed by atoms with E-state index in [1.165, 1.54) is 25.5 Å². The van der Waals surface area contributed by atoms with Crippen LogP contribution < -0.4 is 11.1 Å². The monoisotopic (exact) mass is 288 g/mol. The molecule has 2 unspecified atom stereocenters. The molecule has 1 saturated carbocycles. The van der Waals surface area contributed by atoms with Gasteiger partial charge >= 0.3 is 0 Å². The third-order valence-corrected chi connectivity index (χ3v) is 4.30. The van der Waals surface area contributed by atoms with Gasteiger partial charge < -0.3 is 11.1 Å². The number of carbonyl (C=O) groups excluding carboxylic acids is 1. The molecule has 1 amide bonds. The highest BCUT2D eigenvalue weighted by molar-refractivity contribution is 6.01. The molecule has 0 aromatic carbocycles. The van der Waals surface area contributed by atoms with Crippen LogP contribution >= 0.6 is 0 Å². The lowest BCUT2D eigenvalue weighted by Gasteiger charge is -2.30. The van der Waals surface area contributed by atoms with Crippen LogP contribution in [0.2, 0.25) is 0 Å². The van der Waals surface area contributed by atoms with Gasteiger partial charge in [-0.2, -0.15) is 9.61 Å². The van der Waals surface area contributed by atoms with Crippen molar-refractivity contribution in [3.05, 3.63) is 17.6 Å². The number of fused-ring (bicyclic) bond motifs is 1. The van der Waals surface area contributed by atoms with Crippen molar-refractivity contribution in [1.82, 2.24) is 19.8 Å². The van der Waals surface area contributed by atoms with Crippen LogP contribution in [-0.2, 0) is 0 Å². The van der Waals surface area contributed by atoms with Crippen molar-refractivity contribution in [3.8, 4) is 0 Å². The zero-order valence-electron chi connectivity index (χ0n) is 12.3. The van der Waals surface area contributed by atoms with E-state index >= 15 is 0 Å². The van der Waals surface area contributed by atoms with Crippen LogP contribution in [0.3, 0.4) is 0 Å². The SMILES string of the molecule is Cc1nnc2c(NC3CCCCC3C)c(C(N)=O)cnn12. The Morgan fingerprint density at radius 3 is 2.86 bits per heavy atom. The maximum atomic E-state index is 11.7. The minimum absolute atomic E-state index is 0.319. The molecule has 21 heavy (non-hydrogen) atoms. The number of rotatable bonds is 3. The predicted molar refractivity (Wildman–Crippen MR) is 79.1 cm³/mol. The van der Waals surface area contributed by atoms with E-state index in [2.05, 4.69) is 27.5 Å². The Bertz CT molecular complexity index is 679. The number of nitrogens with two attached hydrogens (primary N) is 1. The maximum Gasteiger partial charge on any atom is 0.252 e. The summed E-state index contributed by atoms with van der Waals surface area (Å²) in [5.41, 5.74) is 7.05. The van der Waals surface area contributed by atoms with Crippen molar-refractivity contribution in [1.29, 1.82) is 0 Å². The molecule has 3 N–H and O–H groups in total. The van der Waals surface area contributed by atoms with Gasteiger partial charge in [-0.1, -0.05) is 19.8 Å². The van der Waals surface area contributed by atoms with Crippen molar-refractivity contribution in [3.63, 3.8) is 0 Å². The highest BCUT2D eigenvalue weighted by atomic mass is 16.1. The zero-order valence-corrected chi connectivity index (χ0v) is 12.3. The van der Waals surface area contributed by atoms with E-state index in [0.717, 1.165) is 6.42 Å². The number of amides is 1. The number of hydrogen-bond donors (Lipinski definition) is 2. The molecule has 112 valence electrons. The molecule has 7 heteroatoms. The summed E-state index contributed by atoms with van der Waals surface area (Å²) >= 11 is 0. The molecule has 1 fully saturated rings. The molecule has 2 atom stereocenters. The third-order valence-electron chi connectivity index (χ3n) is 4.30. The zero-order chi connectivity index (χ0) is 15.0. The van der Waals surface area contributed by atoms with Gasteiger partial charge in [0.05, 0.1) is 17.4 Å². The van der Waals surface area contributed by atoms with E-state index in [1.807, 2.05) is 6.92 Å². The van der Waals surface area contributed by atoms with Crippen LogP contribution in [0.1, 0.15) is 48.8 Å². The summed E-state index contributed by atoms with van der Waals surface area (Å²) in [6, 6.07) is 0.319. The van der Waals surface area contributed by atoms with Gasteiger partial charge in [-0.05, 0) is 25.7 Å². The number of primary amides is 1. The summed E-state index contributed by atoms with van der Waals surface area (Å²) in [6.45, 7) is 4.05. The maximum absolute atomic E-state index is 11.7. The van der Waals surface area contributed by atoms with Crippen LogP contribution in [-0.4, -0.2) is 31.8 Å². The molecule has 0 aliphatic heterocycles. The van der Waals surface area contributed by atoms with Gasteiger partial charge in [-0.25, -0.2) is 0 Å². The molecule has 2 heterocycles. The Hall–Kier alpha value is -2.18. The minimum Gasteiger partial charge on any atom is -0.378 e. The van der Waals surface area contributed by atoms with Crippen molar-refractivity contribution in [2.75, 3.05) is 5.32 Å². The summed E-state index contributed by atoms with van der Waals surface area (Å²) in [4.78, 5) is 11.7. The van der Waals surface area contributed by atoms with Gasteiger partial charge in [0.25, 0.3) is 5.91 Å². The van der Waals surface area contributed by atoms with E-state index in [1.54, 1.807) is 4.52 Å². The molecule has 0 saturated heterocycles. The fourth-order valence-electron chi connectivity index (χ4n) is 3.00. The molecule has 0 radical (unpaired) electrons. The largest absolute Gasteiger partial charge is 0.378 e. The molecule has 7 nitrogen and oxygen atoms in total. The van der Waals surface area contributed by atoms with Crippen molar-refractivity contribution in [2.24, 2.45) is 11.7 Å². The number of carbonyl (C=O) groups is 1. The van der Waals surface area contributed by atoms with E-state index in [0.29, 0.717) is 34.7 Å². The molecule has 2 aromatic rings. The second kappa shape index (κ2) is 5.31. The molecule has 3 rings (SSSR count). The Morgan fingerprint density at radius 2 is 2.14 bits per heavy atom. The topological polar surface area (TPSA) is 98.2 Å². The van der Waals surface area contributed by atoms with E-state index in [4.69, 9.17) is 5.73 Å². The second-order valence-corrected chi connectivity index (χ2v) is 5.79. The summed E-state index contributed by atoms with van der Waals surface area (Å²) in [5.74, 6) is 0.731. The Labute approximate surface area is 122 Å². The molecule has 1 aliphatic carbocycles. The molecule has 1 aliphatic rings. The van der Waals surface area contributed by atoms with Crippen LogP contribution in [0.5, 0.6) is 0 Å². The van der Waals surface area contributed by atoms with Gasteiger partial charge in [-0.15, -0.1) is 10.2 Å². The normalized spacial score (nSPS) is 22.4. The predicted octanol–water partition coefficient (Wildman–Crippen LogP) is 1.52. The Balaban J connectivity index is 2.05. The van der Waals surface area contributed by atoms with E-state index in [-0.39, 0.29) is 0 Å². The lowest BCUT2D eigenvalue weighted by Crippen LogP contribution is -2.32. The van der Waals surface area contributed by atoms with Gasteiger partial charge in [0.1, 0.15) is 0 Å². The molecule has 2 aromatic heterocycles. The first-order chi connectivity index (χ1) is 10.1. The first kappa shape index (κ1) is 13.8. The van der Waals surface area contributed by atoms with Crippen LogP contribution in [0.25, 0.3) is 5.65 Å². The van der Waals surface area contributed by atoms with Crippen LogP contribution in [0, 0.1) is 12.8 Å². The summed E-state index contributed by atoms with van der Waals surface area (Å²) in [6.07, 6.45) is 6.22. The standard InChI is InChI=1S/C14H20N6O/c1-8-5-3-4-6-11(8)17-12-10(13(15)21)7-16-20-9(2)18-19-14(12)20/h7-8,11,17H,3-6H2,1-2H3,(H2,15,21). The average Bonchev–Trinajstić information content (AvgIpc) is 2.83. The molecule has 0 spiro atoms. The van der Waals surface area contributed by atoms with Crippen molar-refractivity contribution in [2.45, 2.75) is 45.6 Å². The van der Waals surface area contributed by atoms with Crippen molar-refractivity contribution >= 4 is 17.2 Å². The molecular formula is C14H20N6O. The Kier molecular flexibility index (Phi) is 3.48. The van der Waals surface area contributed by atoms with Gasteiger partial charge in [-0.3, -0.25) is 4.79 Å². The number of nitrogens with zero attached hydrogens (tertiary/aromatic N) is 4. The van der Waals surface area contributed by atoms with E-state index in [9.17, 15) is 4.79 Å². The first-order valence-corrected chi connectivity index (χ1v) is 7.35. The number of hydrogen-bond acceptors (Lipinski definition) is 5. The third kappa shape index (κ3) is 2.43. The number of anilines is 1. The second-order valence-electron chi connectivity index (χ2n) is 5.79. The Morgan fingerprint density at radius 1 is 1.38 bits per heavy atom. The fourth-order valence-corrected chi connectivity index (χ4v) is 3.00. The smallest absolute Gasteiger partial charge is 0.252 e. The highest BCUT2D eigenvalue weighted by Gasteiger charge is 2.25. The number of nitrogens with one attached hydrogen (secondary N) is 1. The number of aromatic nitrogens is 4. The van der Waals surface area contributed by atoms with E-state index < -0.39 is 5.91 Å². The molecular weight excluding hydrogens is 268 g/mol. The minimum atomic E-state index is -0.503. The first-order valence-electron chi connectivity index (χ1n) is 7.35. The van der Waals surface area contributed by atoms with Crippen LogP contribution in [0.4, 0.5) is 5.69 Å². The van der Waals surface area contributed by atoms with Gasteiger partial charge in [0.2, 0.25) is 5.65 Å². The fraction of sp³-hybridized carbons (Fsp3) is 0.571. The average molecular weight is 288 g/mol. The molecule has 0 bridgehead atoms. The van der Waals surface area contributed by atoms with Gasteiger partial charge in [0, 0.05) is 6.04 Å². The summed E-state index contributed by atoms with van der Waals surface area (Å²) < 4.78 is 1.63. The van der Waals surface area contributed by atoms with Crippen molar-refractivity contribution < 1.29 is 4.79 Å². The summed E-state index contributed by atoms with van der Waals surface area (Å²) in [5, 5.41) is 15.8. The lowest BCUT2D eigenvalue weighted by molar-refractivity contribution is 0.100. The summed E-state index contributed by atoms with van der Waals surface area (Å²) in [7, 11) is 0.